The number of thiazole rings is 1. The molecule has 0 aromatic carbocycles. The monoisotopic (exact) mass is 199 g/mol. The molecule has 0 atom stereocenters. The van der Waals surface area contributed by atoms with Crippen LogP contribution >= 0.6 is 11.3 Å². The molecule has 2 N–H and O–H groups in total. The van der Waals surface area contributed by atoms with E-state index in [1.165, 1.54) is 9.88 Å². The molecule has 1 aromatic rings. The second kappa shape index (κ2) is 4.69. The van der Waals surface area contributed by atoms with Crippen LogP contribution in [0, 0.1) is 6.92 Å². The van der Waals surface area contributed by atoms with Gasteiger partial charge in [0, 0.05) is 11.4 Å². The lowest BCUT2D eigenvalue weighted by Crippen LogP contribution is -2.10. The maximum Gasteiger partial charge on any atom is 0.107 e. The third-order valence-electron chi connectivity index (χ3n) is 1.76. The molecule has 3 nitrogen and oxygen atoms in total. The Morgan fingerprint density at radius 2 is 2.15 bits per heavy atom. The van der Waals surface area contributed by atoms with E-state index in [4.69, 9.17) is 5.73 Å². The summed E-state index contributed by atoms with van der Waals surface area (Å²) in [6.07, 6.45) is 0.955. The zero-order valence-electron chi connectivity index (χ0n) is 8.50. The predicted molar refractivity (Wildman–Crippen MR) is 57.0 cm³/mol. The van der Waals surface area contributed by atoms with Crippen LogP contribution in [0.5, 0.6) is 0 Å². The second-order valence-electron chi connectivity index (χ2n) is 3.39. The second-order valence-corrected chi connectivity index (χ2v) is 4.56. The number of hydrogen-bond donors (Lipinski definition) is 1. The molecule has 0 unspecified atom stereocenters. The predicted octanol–water partition coefficient (Wildman–Crippen LogP) is 1.01. The van der Waals surface area contributed by atoms with Crippen LogP contribution in [0.4, 0.5) is 0 Å². The molecular weight excluding hydrogens is 182 g/mol. The molecule has 74 valence electrons. The molecule has 0 bridgehead atoms. The Balaban J connectivity index is 2.70. The van der Waals surface area contributed by atoms with Crippen LogP contribution in [0.3, 0.4) is 0 Å². The molecule has 0 radical (unpaired) electrons. The fourth-order valence-electron chi connectivity index (χ4n) is 1.19. The Labute approximate surface area is 83.6 Å². The van der Waals surface area contributed by atoms with Crippen LogP contribution in [0.1, 0.15) is 15.6 Å². The molecule has 0 spiro atoms. The minimum Gasteiger partial charge on any atom is -0.330 e. The van der Waals surface area contributed by atoms with Crippen molar-refractivity contribution in [1.82, 2.24) is 9.88 Å². The van der Waals surface area contributed by atoms with E-state index in [1.54, 1.807) is 11.3 Å². The van der Waals surface area contributed by atoms with E-state index in [-0.39, 0.29) is 0 Å². The number of hydrogen-bond acceptors (Lipinski definition) is 4. The molecular formula is C9H17N3S. The van der Waals surface area contributed by atoms with Gasteiger partial charge in [-0.2, -0.15) is 0 Å². The van der Waals surface area contributed by atoms with Gasteiger partial charge in [0.25, 0.3) is 0 Å². The van der Waals surface area contributed by atoms with Crippen molar-refractivity contribution in [3.05, 3.63) is 15.6 Å². The van der Waals surface area contributed by atoms with Crippen molar-refractivity contribution in [2.24, 2.45) is 5.73 Å². The van der Waals surface area contributed by atoms with Gasteiger partial charge in [-0.3, -0.25) is 0 Å². The minimum atomic E-state index is 0.713. The van der Waals surface area contributed by atoms with E-state index >= 15 is 0 Å². The van der Waals surface area contributed by atoms with Gasteiger partial charge in [0.05, 0.1) is 5.69 Å². The molecule has 0 fully saturated rings. The Morgan fingerprint density at radius 1 is 1.46 bits per heavy atom. The van der Waals surface area contributed by atoms with Crippen molar-refractivity contribution >= 4 is 11.3 Å². The topological polar surface area (TPSA) is 42.2 Å². The van der Waals surface area contributed by atoms with Gasteiger partial charge in [-0.25, -0.2) is 4.98 Å². The Morgan fingerprint density at radius 3 is 2.69 bits per heavy atom. The lowest BCUT2D eigenvalue weighted by molar-refractivity contribution is 0.401. The summed E-state index contributed by atoms with van der Waals surface area (Å²) in [5.74, 6) is 0. The highest BCUT2D eigenvalue weighted by atomic mass is 32.1. The Hall–Kier alpha value is -0.450. The standard InChI is InChI=1S/C9H17N3S/c1-7-8(4-5-10)13-9(11-7)6-12(2)3/h4-6,10H2,1-3H3. The third-order valence-corrected chi connectivity index (χ3v) is 2.96. The summed E-state index contributed by atoms with van der Waals surface area (Å²) in [6.45, 7) is 3.70. The van der Waals surface area contributed by atoms with Gasteiger partial charge in [0.1, 0.15) is 5.01 Å². The Bertz CT molecular complexity index is 268. The van der Waals surface area contributed by atoms with E-state index in [0.29, 0.717) is 6.54 Å². The summed E-state index contributed by atoms with van der Waals surface area (Å²) in [7, 11) is 4.11. The van der Waals surface area contributed by atoms with Crippen molar-refractivity contribution in [2.75, 3.05) is 20.6 Å². The van der Waals surface area contributed by atoms with E-state index in [9.17, 15) is 0 Å². The van der Waals surface area contributed by atoms with Crippen LogP contribution in [0.2, 0.25) is 0 Å². The normalized spacial score (nSPS) is 11.2. The zero-order chi connectivity index (χ0) is 9.84. The molecule has 1 aromatic heterocycles. The van der Waals surface area contributed by atoms with Crippen molar-refractivity contribution in [1.29, 1.82) is 0 Å². The highest BCUT2D eigenvalue weighted by Crippen LogP contribution is 2.18. The fraction of sp³-hybridized carbons (Fsp3) is 0.667. The van der Waals surface area contributed by atoms with E-state index in [2.05, 4.69) is 30.9 Å². The molecule has 0 aliphatic heterocycles. The smallest absolute Gasteiger partial charge is 0.107 e. The van der Waals surface area contributed by atoms with Crippen molar-refractivity contribution < 1.29 is 0 Å². The summed E-state index contributed by atoms with van der Waals surface area (Å²) in [6, 6.07) is 0. The first-order chi connectivity index (χ1) is 6.13. The molecule has 0 aliphatic rings. The summed E-state index contributed by atoms with van der Waals surface area (Å²) >= 11 is 1.78. The first-order valence-corrected chi connectivity index (χ1v) is 5.25. The molecule has 4 heteroatoms. The van der Waals surface area contributed by atoms with Crippen LogP contribution in [-0.4, -0.2) is 30.5 Å². The minimum absolute atomic E-state index is 0.713. The van der Waals surface area contributed by atoms with Crippen molar-refractivity contribution in [2.45, 2.75) is 19.9 Å². The Kier molecular flexibility index (Phi) is 3.84. The maximum atomic E-state index is 5.51. The molecule has 0 aliphatic carbocycles. The first-order valence-electron chi connectivity index (χ1n) is 4.43. The number of aryl methyl sites for hydroxylation is 1. The van der Waals surface area contributed by atoms with Gasteiger partial charge in [-0.1, -0.05) is 0 Å². The van der Waals surface area contributed by atoms with E-state index in [0.717, 1.165) is 18.7 Å². The van der Waals surface area contributed by atoms with Gasteiger partial charge in [-0.05, 0) is 34.0 Å². The van der Waals surface area contributed by atoms with Gasteiger partial charge in [0.2, 0.25) is 0 Å². The molecule has 0 saturated carbocycles. The summed E-state index contributed by atoms with van der Waals surface area (Å²) in [5.41, 5.74) is 6.65. The highest BCUT2D eigenvalue weighted by Gasteiger charge is 2.06. The number of rotatable bonds is 4. The molecule has 0 saturated heterocycles. The van der Waals surface area contributed by atoms with E-state index < -0.39 is 0 Å². The quantitative estimate of drug-likeness (QED) is 0.787. The molecule has 13 heavy (non-hydrogen) atoms. The largest absolute Gasteiger partial charge is 0.330 e. The SMILES string of the molecule is Cc1nc(CN(C)C)sc1CCN. The maximum absolute atomic E-state index is 5.51. The van der Waals surface area contributed by atoms with Gasteiger partial charge < -0.3 is 10.6 Å². The third kappa shape index (κ3) is 3.06. The number of nitrogens with two attached hydrogens (primary N) is 1. The highest BCUT2D eigenvalue weighted by molar-refractivity contribution is 7.11. The van der Waals surface area contributed by atoms with Gasteiger partial charge in [0.15, 0.2) is 0 Å². The van der Waals surface area contributed by atoms with Crippen LogP contribution in [-0.2, 0) is 13.0 Å². The van der Waals surface area contributed by atoms with Gasteiger partial charge >= 0.3 is 0 Å². The molecule has 0 amide bonds. The molecule has 1 heterocycles. The van der Waals surface area contributed by atoms with Crippen molar-refractivity contribution in [3.8, 4) is 0 Å². The zero-order valence-corrected chi connectivity index (χ0v) is 9.32. The lowest BCUT2D eigenvalue weighted by atomic mass is 10.3. The lowest BCUT2D eigenvalue weighted by Gasteiger charge is -2.04. The van der Waals surface area contributed by atoms with Crippen LogP contribution in [0.25, 0.3) is 0 Å². The summed E-state index contributed by atoms with van der Waals surface area (Å²) < 4.78 is 0. The average molecular weight is 199 g/mol. The van der Waals surface area contributed by atoms with Crippen LogP contribution in [0.15, 0.2) is 0 Å². The first kappa shape index (κ1) is 10.6. The summed E-state index contributed by atoms with van der Waals surface area (Å²) in [5, 5.41) is 1.19. The van der Waals surface area contributed by atoms with Gasteiger partial charge in [-0.15, -0.1) is 11.3 Å². The van der Waals surface area contributed by atoms with Crippen LogP contribution < -0.4 is 5.73 Å². The van der Waals surface area contributed by atoms with E-state index in [1.807, 2.05) is 0 Å². The number of nitrogens with zero attached hydrogens (tertiary/aromatic N) is 2. The summed E-state index contributed by atoms with van der Waals surface area (Å²) in [4.78, 5) is 7.95. The average Bonchev–Trinajstić information content (AvgIpc) is 2.31. The fourth-order valence-corrected chi connectivity index (χ4v) is 2.39. The molecule has 1 rings (SSSR count). The number of aromatic nitrogens is 1. The van der Waals surface area contributed by atoms with Crippen molar-refractivity contribution in [3.63, 3.8) is 0 Å².